The maximum absolute atomic E-state index is 4.29. The van der Waals surface area contributed by atoms with Crippen LogP contribution in [0.25, 0.3) is 10.7 Å². The smallest absolute Gasteiger partial charge is 0.166 e. The SMILES string of the molecule is CNC(C)c1nnc(-c2ccc(Br)cn2)s1. The predicted molar refractivity (Wildman–Crippen MR) is 68.3 cm³/mol. The lowest BCUT2D eigenvalue weighted by molar-refractivity contribution is 0.640. The van der Waals surface area contributed by atoms with E-state index in [1.54, 1.807) is 17.5 Å². The van der Waals surface area contributed by atoms with Crippen LogP contribution in [0.4, 0.5) is 0 Å². The molecule has 84 valence electrons. The summed E-state index contributed by atoms with van der Waals surface area (Å²) in [6.07, 6.45) is 1.76. The summed E-state index contributed by atoms with van der Waals surface area (Å²) in [4.78, 5) is 4.29. The van der Waals surface area contributed by atoms with E-state index in [4.69, 9.17) is 0 Å². The van der Waals surface area contributed by atoms with Gasteiger partial charge in [-0.15, -0.1) is 10.2 Å². The monoisotopic (exact) mass is 298 g/mol. The molecule has 0 amide bonds. The van der Waals surface area contributed by atoms with Crippen LogP contribution in [-0.4, -0.2) is 22.2 Å². The third-order valence-electron chi connectivity index (χ3n) is 2.19. The van der Waals surface area contributed by atoms with E-state index in [1.165, 1.54) is 0 Å². The van der Waals surface area contributed by atoms with Gasteiger partial charge in [0.2, 0.25) is 0 Å². The normalized spacial score (nSPS) is 12.7. The van der Waals surface area contributed by atoms with Crippen molar-refractivity contribution < 1.29 is 0 Å². The Labute approximate surface area is 106 Å². The molecule has 1 N–H and O–H groups in total. The molecule has 0 saturated heterocycles. The Hall–Kier alpha value is -0.850. The summed E-state index contributed by atoms with van der Waals surface area (Å²) < 4.78 is 0.963. The highest BCUT2D eigenvalue weighted by Crippen LogP contribution is 2.25. The van der Waals surface area contributed by atoms with Crippen LogP contribution < -0.4 is 5.32 Å². The molecule has 0 saturated carbocycles. The minimum atomic E-state index is 0.224. The van der Waals surface area contributed by atoms with Gasteiger partial charge in [-0.2, -0.15) is 0 Å². The van der Waals surface area contributed by atoms with Gasteiger partial charge < -0.3 is 5.32 Å². The highest BCUT2D eigenvalue weighted by atomic mass is 79.9. The Morgan fingerprint density at radius 1 is 1.38 bits per heavy atom. The molecule has 0 radical (unpaired) electrons. The third kappa shape index (κ3) is 2.45. The van der Waals surface area contributed by atoms with Crippen LogP contribution in [0.15, 0.2) is 22.8 Å². The molecule has 2 heterocycles. The van der Waals surface area contributed by atoms with E-state index in [0.717, 1.165) is 20.2 Å². The quantitative estimate of drug-likeness (QED) is 0.946. The first-order chi connectivity index (χ1) is 7.70. The summed E-state index contributed by atoms with van der Waals surface area (Å²) in [6.45, 7) is 2.05. The van der Waals surface area contributed by atoms with Gasteiger partial charge >= 0.3 is 0 Å². The second-order valence-corrected chi connectivity index (χ2v) is 5.24. The van der Waals surface area contributed by atoms with Gasteiger partial charge in [0.05, 0.1) is 6.04 Å². The topological polar surface area (TPSA) is 50.7 Å². The maximum atomic E-state index is 4.29. The first kappa shape index (κ1) is 11.6. The fraction of sp³-hybridized carbons (Fsp3) is 0.300. The van der Waals surface area contributed by atoms with Crippen molar-refractivity contribution in [1.29, 1.82) is 0 Å². The summed E-state index contributed by atoms with van der Waals surface area (Å²) in [7, 11) is 1.91. The lowest BCUT2D eigenvalue weighted by atomic mass is 10.4. The molecule has 16 heavy (non-hydrogen) atoms. The van der Waals surface area contributed by atoms with Gasteiger partial charge in [0.25, 0.3) is 0 Å². The van der Waals surface area contributed by atoms with E-state index in [1.807, 2.05) is 19.2 Å². The molecule has 6 heteroatoms. The molecule has 2 aromatic heterocycles. The van der Waals surface area contributed by atoms with Crippen molar-refractivity contribution in [3.05, 3.63) is 27.8 Å². The zero-order valence-corrected chi connectivity index (χ0v) is 11.3. The number of nitrogens with one attached hydrogen (secondary N) is 1. The molecular formula is C10H11BrN4S. The predicted octanol–water partition coefficient (Wildman–Crippen LogP) is 2.64. The summed E-state index contributed by atoms with van der Waals surface area (Å²) in [6, 6.07) is 4.10. The Kier molecular flexibility index (Phi) is 3.63. The van der Waals surface area contributed by atoms with E-state index < -0.39 is 0 Å². The first-order valence-electron chi connectivity index (χ1n) is 4.83. The number of halogens is 1. The molecular weight excluding hydrogens is 288 g/mol. The fourth-order valence-electron chi connectivity index (χ4n) is 1.14. The van der Waals surface area contributed by atoms with Crippen LogP contribution in [-0.2, 0) is 0 Å². The van der Waals surface area contributed by atoms with Crippen molar-refractivity contribution in [1.82, 2.24) is 20.5 Å². The van der Waals surface area contributed by atoms with Crippen molar-refractivity contribution in [3.8, 4) is 10.7 Å². The van der Waals surface area contributed by atoms with E-state index in [-0.39, 0.29) is 6.04 Å². The molecule has 1 unspecified atom stereocenters. The molecule has 0 aliphatic carbocycles. The standard InChI is InChI=1S/C10H11BrN4S/c1-6(12-2)9-14-15-10(16-9)8-4-3-7(11)5-13-8/h3-6,12H,1-2H3. The summed E-state index contributed by atoms with van der Waals surface area (Å²) in [5, 5.41) is 13.2. The molecule has 0 aromatic carbocycles. The average molecular weight is 299 g/mol. The highest BCUT2D eigenvalue weighted by Gasteiger charge is 2.11. The maximum Gasteiger partial charge on any atom is 0.166 e. The van der Waals surface area contributed by atoms with Gasteiger partial charge in [-0.25, -0.2) is 0 Å². The van der Waals surface area contributed by atoms with E-state index in [0.29, 0.717) is 0 Å². The zero-order chi connectivity index (χ0) is 11.5. The van der Waals surface area contributed by atoms with E-state index >= 15 is 0 Å². The largest absolute Gasteiger partial charge is 0.311 e. The molecule has 2 rings (SSSR count). The molecule has 2 aromatic rings. The molecule has 0 spiro atoms. The molecule has 0 aliphatic rings. The average Bonchev–Trinajstić information content (AvgIpc) is 2.78. The van der Waals surface area contributed by atoms with Gasteiger partial charge in [0.1, 0.15) is 10.7 Å². The van der Waals surface area contributed by atoms with Crippen molar-refractivity contribution in [2.24, 2.45) is 0 Å². The zero-order valence-electron chi connectivity index (χ0n) is 8.94. The van der Waals surface area contributed by atoms with Crippen LogP contribution in [0.3, 0.4) is 0 Å². The van der Waals surface area contributed by atoms with Gasteiger partial charge in [-0.3, -0.25) is 4.98 Å². The van der Waals surface area contributed by atoms with Crippen LogP contribution >= 0.6 is 27.3 Å². The van der Waals surface area contributed by atoms with Crippen molar-refractivity contribution in [2.75, 3.05) is 7.05 Å². The Bertz CT molecular complexity index is 468. The van der Waals surface area contributed by atoms with E-state index in [2.05, 4.69) is 43.4 Å². The highest BCUT2D eigenvalue weighted by molar-refractivity contribution is 9.10. The number of rotatable bonds is 3. The lowest BCUT2D eigenvalue weighted by Crippen LogP contribution is -2.11. The Balaban J connectivity index is 2.28. The van der Waals surface area contributed by atoms with E-state index in [9.17, 15) is 0 Å². The first-order valence-corrected chi connectivity index (χ1v) is 6.44. The third-order valence-corrected chi connectivity index (χ3v) is 3.79. The Morgan fingerprint density at radius 3 is 2.81 bits per heavy atom. The minimum absolute atomic E-state index is 0.224. The Morgan fingerprint density at radius 2 is 2.19 bits per heavy atom. The molecule has 0 fully saturated rings. The summed E-state index contributed by atoms with van der Waals surface area (Å²) in [5.74, 6) is 0. The number of aromatic nitrogens is 3. The number of hydrogen-bond acceptors (Lipinski definition) is 5. The number of nitrogens with zero attached hydrogens (tertiary/aromatic N) is 3. The van der Waals surface area contributed by atoms with Gasteiger partial charge in [-0.05, 0) is 42.0 Å². The molecule has 0 aliphatic heterocycles. The minimum Gasteiger partial charge on any atom is -0.311 e. The second kappa shape index (κ2) is 4.99. The fourth-order valence-corrected chi connectivity index (χ4v) is 2.25. The van der Waals surface area contributed by atoms with Crippen LogP contribution in [0.1, 0.15) is 18.0 Å². The number of hydrogen-bond donors (Lipinski definition) is 1. The second-order valence-electron chi connectivity index (χ2n) is 3.32. The summed E-state index contributed by atoms with van der Waals surface area (Å²) >= 11 is 4.91. The van der Waals surface area contributed by atoms with Gasteiger partial charge in [0, 0.05) is 10.7 Å². The van der Waals surface area contributed by atoms with Crippen molar-refractivity contribution >= 4 is 27.3 Å². The van der Waals surface area contributed by atoms with Crippen LogP contribution in [0.2, 0.25) is 0 Å². The molecule has 1 atom stereocenters. The molecule has 4 nitrogen and oxygen atoms in total. The van der Waals surface area contributed by atoms with Crippen molar-refractivity contribution in [2.45, 2.75) is 13.0 Å². The van der Waals surface area contributed by atoms with Crippen molar-refractivity contribution in [3.63, 3.8) is 0 Å². The number of pyridine rings is 1. The summed E-state index contributed by atoms with van der Waals surface area (Å²) in [5.41, 5.74) is 0.857. The van der Waals surface area contributed by atoms with Crippen LogP contribution in [0.5, 0.6) is 0 Å². The van der Waals surface area contributed by atoms with Gasteiger partial charge in [-0.1, -0.05) is 11.3 Å². The van der Waals surface area contributed by atoms with Gasteiger partial charge in [0.15, 0.2) is 5.01 Å². The van der Waals surface area contributed by atoms with Crippen LogP contribution in [0, 0.1) is 0 Å². The lowest BCUT2D eigenvalue weighted by Gasteiger charge is -2.02. The molecule has 0 bridgehead atoms.